The Hall–Kier alpha value is -0.210. The molecule has 23 heavy (non-hydrogen) atoms. The van der Waals surface area contributed by atoms with Crippen LogP contribution >= 0.6 is 9.47 Å². The molecule has 0 amide bonds. The van der Waals surface area contributed by atoms with Crippen LogP contribution < -0.4 is 0 Å². The molecule has 0 aliphatic heterocycles. The van der Waals surface area contributed by atoms with Crippen LogP contribution in [0.3, 0.4) is 0 Å². The van der Waals surface area contributed by atoms with Crippen molar-refractivity contribution in [1.82, 2.24) is 0 Å². The molecule has 3 nitrogen and oxygen atoms in total. The number of rotatable bonds is 17. The Morgan fingerprint density at radius 2 is 1.48 bits per heavy atom. The predicted molar refractivity (Wildman–Crippen MR) is 97.2 cm³/mol. The number of ether oxygens (including phenoxy) is 1. The van der Waals surface area contributed by atoms with Gasteiger partial charge in [-0.2, -0.15) is 0 Å². The van der Waals surface area contributed by atoms with E-state index in [2.05, 4.69) is 16.4 Å². The Labute approximate surface area is 144 Å². The van der Waals surface area contributed by atoms with Gasteiger partial charge in [0.15, 0.2) is 6.10 Å². The summed E-state index contributed by atoms with van der Waals surface area (Å²) in [6, 6.07) is 0. The number of hydrogen-bond donors (Lipinski definition) is 0. The molecule has 0 aliphatic rings. The largest absolute Gasteiger partial charge is 0.464 e. The summed E-state index contributed by atoms with van der Waals surface area (Å²) in [4.78, 5) is 11.9. The zero-order valence-corrected chi connectivity index (χ0v) is 16.0. The fraction of sp³-hybridized carbons (Fsp3) is 0.944. The molecule has 0 N–H and O–H groups in total. The fourth-order valence-corrected chi connectivity index (χ4v) is 2.77. The standard InChI is InChI=1S/C18H36FO3P/c1-2-3-4-11-14-17(22-23)18(20)21-16-13-10-8-6-5-7-9-12-15-19/h17H,2-16,23H2,1H3. The minimum Gasteiger partial charge on any atom is -0.464 e. The van der Waals surface area contributed by atoms with E-state index in [1.165, 1.54) is 25.7 Å². The van der Waals surface area contributed by atoms with Crippen LogP contribution in [0.1, 0.15) is 90.4 Å². The number of hydrogen-bond acceptors (Lipinski definition) is 3. The van der Waals surface area contributed by atoms with E-state index in [4.69, 9.17) is 9.26 Å². The number of unbranched alkanes of at least 4 members (excludes halogenated alkanes) is 10. The molecule has 0 aromatic rings. The Morgan fingerprint density at radius 3 is 2.04 bits per heavy atom. The summed E-state index contributed by atoms with van der Waals surface area (Å²) in [7, 11) is 2.18. The van der Waals surface area contributed by atoms with E-state index in [0.29, 0.717) is 13.0 Å². The molecule has 138 valence electrons. The zero-order chi connectivity index (χ0) is 17.2. The van der Waals surface area contributed by atoms with Gasteiger partial charge in [0.2, 0.25) is 0 Å². The topological polar surface area (TPSA) is 35.5 Å². The van der Waals surface area contributed by atoms with Crippen molar-refractivity contribution in [2.45, 2.75) is 96.5 Å². The molecule has 0 heterocycles. The van der Waals surface area contributed by atoms with Gasteiger partial charge in [-0.05, 0) is 19.3 Å². The first-order valence-corrected chi connectivity index (χ1v) is 9.81. The van der Waals surface area contributed by atoms with Crippen LogP contribution in [0.5, 0.6) is 0 Å². The average Bonchev–Trinajstić information content (AvgIpc) is 2.56. The van der Waals surface area contributed by atoms with Gasteiger partial charge in [0, 0.05) is 9.47 Å². The van der Waals surface area contributed by atoms with Crippen molar-refractivity contribution < 1.29 is 18.4 Å². The number of halogens is 1. The van der Waals surface area contributed by atoms with Gasteiger partial charge < -0.3 is 9.26 Å². The summed E-state index contributed by atoms with van der Waals surface area (Å²) in [6.45, 7) is 2.47. The molecule has 2 atom stereocenters. The summed E-state index contributed by atoms with van der Waals surface area (Å²) in [6.07, 6.45) is 13.2. The van der Waals surface area contributed by atoms with Crippen molar-refractivity contribution in [3.8, 4) is 0 Å². The fourth-order valence-electron chi connectivity index (χ4n) is 2.52. The third-order valence-corrected chi connectivity index (χ3v) is 4.35. The van der Waals surface area contributed by atoms with Gasteiger partial charge in [-0.1, -0.05) is 71.1 Å². The smallest absolute Gasteiger partial charge is 0.335 e. The zero-order valence-electron chi connectivity index (χ0n) is 14.9. The summed E-state index contributed by atoms with van der Waals surface area (Å²) >= 11 is 0. The molecule has 0 radical (unpaired) electrons. The molecular weight excluding hydrogens is 314 g/mol. The molecule has 0 fully saturated rings. The summed E-state index contributed by atoms with van der Waals surface area (Å²) in [5.41, 5.74) is 0. The van der Waals surface area contributed by atoms with Gasteiger partial charge in [-0.25, -0.2) is 4.79 Å². The van der Waals surface area contributed by atoms with Crippen molar-refractivity contribution in [2.24, 2.45) is 0 Å². The second-order valence-electron chi connectivity index (χ2n) is 6.16. The normalized spacial score (nSPS) is 12.3. The maximum atomic E-state index is 11.9. The Morgan fingerprint density at radius 1 is 0.913 bits per heavy atom. The van der Waals surface area contributed by atoms with E-state index in [-0.39, 0.29) is 12.6 Å². The Bertz CT molecular complexity index is 265. The van der Waals surface area contributed by atoms with Crippen LogP contribution in [0.15, 0.2) is 0 Å². The van der Waals surface area contributed by atoms with Crippen LogP contribution in [0.25, 0.3) is 0 Å². The Balaban J connectivity index is 3.45. The van der Waals surface area contributed by atoms with Crippen LogP contribution in [0.4, 0.5) is 4.39 Å². The summed E-state index contributed by atoms with van der Waals surface area (Å²) < 4.78 is 22.3. The van der Waals surface area contributed by atoms with Crippen molar-refractivity contribution >= 4 is 15.4 Å². The molecule has 0 saturated heterocycles. The molecule has 5 heteroatoms. The van der Waals surface area contributed by atoms with E-state index >= 15 is 0 Å². The molecular formula is C18H36FO3P. The van der Waals surface area contributed by atoms with Gasteiger partial charge in [0.25, 0.3) is 0 Å². The second kappa shape index (κ2) is 18.1. The highest BCUT2D eigenvalue weighted by Crippen LogP contribution is 2.13. The van der Waals surface area contributed by atoms with Crippen LogP contribution in [-0.4, -0.2) is 25.4 Å². The van der Waals surface area contributed by atoms with Gasteiger partial charge >= 0.3 is 5.97 Å². The minimum absolute atomic E-state index is 0.190. The second-order valence-corrected chi connectivity index (χ2v) is 6.43. The van der Waals surface area contributed by atoms with Crippen molar-refractivity contribution in [3.05, 3.63) is 0 Å². The van der Waals surface area contributed by atoms with Crippen molar-refractivity contribution in [3.63, 3.8) is 0 Å². The molecule has 0 aromatic carbocycles. The lowest BCUT2D eigenvalue weighted by atomic mass is 10.1. The van der Waals surface area contributed by atoms with Crippen molar-refractivity contribution in [2.75, 3.05) is 13.3 Å². The summed E-state index contributed by atoms with van der Waals surface area (Å²) in [5, 5.41) is 0. The first-order valence-electron chi connectivity index (χ1n) is 9.34. The third kappa shape index (κ3) is 15.1. The van der Waals surface area contributed by atoms with Crippen LogP contribution in [0.2, 0.25) is 0 Å². The lowest BCUT2D eigenvalue weighted by Gasteiger charge is -2.14. The quantitative estimate of drug-likeness (QED) is 0.190. The van der Waals surface area contributed by atoms with Gasteiger partial charge in [-0.15, -0.1) is 0 Å². The monoisotopic (exact) mass is 350 g/mol. The molecule has 2 unspecified atom stereocenters. The number of alkyl halides is 1. The SMILES string of the molecule is CCCCCCC(OP)C(=O)OCCCCCCCCCCF. The van der Waals surface area contributed by atoms with E-state index < -0.39 is 6.10 Å². The lowest BCUT2D eigenvalue weighted by Crippen LogP contribution is -2.24. The maximum absolute atomic E-state index is 11.9. The number of carbonyl (C=O) groups is 1. The van der Waals surface area contributed by atoms with Crippen LogP contribution in [0, 0.1) is 0 Å². The molecule has 0 aromatic heterocycles. The van der Waals surface area contributed by atoms with E-state index in [1.807, 2.05) is 0 Å². The summed E-state index contributed by atoms with van der Waals surface area (Å²) in [5.74, 6) is -0.234. The van der Waals surface area contributed by atoms with Gasteiger partial charge in [0.05, 0.1) is 13.3 Å². The first-order chi connectivity index (χ1) is 11.3. The molecule has 0 saturated carbocycles. The molecule has 0 spiro atoms. The van der Waals surface area contributed by atoms with E-state index in [0.717, 1.165) is 51.4 Å². The van der Waals surface area contributed by atoms with Gasteiger partial charge in [-0.3, -0.25) is 4.39 Å². The Kier molecular flexibility index (Phi) is 18.0. The highest BCUT2D eigenvalue weighted by molar-refractivity contribution is 7.09. The van der Waals surface area contributed by atoms with E-state index in [9.17, 15) is 9.18 Å². The van der Waals surface area contributed by atoms with Crippen LogP contribution in [-0.2, 0) is 14.1 Å². The molecule has 0 rings (SSSR count). The first kappa shape index (κ1) is 22.8. The van der Waals surface area contributed by atoms with Gasteiger partial charge in [0.1, 0.15) is 0 Å². The minimum atomic E-state index is -0.438. The van der Waals surface area contributed by atoms with Crippen molar-refractivity contribution in [1.29, 1.82) is 0 Å². The molecule has 0 bridgehead atoms. The lowest BCUT2D eigenvalue weighted by molar-refractivity contribution is -0.151. The van der Waals surface area contributed by atoms with E-state index in [1.54, 1.807) is 0 Å². The number of carbonyl (C=O) groups excluding carboxylic acids is 1. The third-order valence-electron chi connectivity index (χ3n) is 4.02. The average molecular weight is 350 g/mol. The highest BCUT2D eigenvalue weighted by atomic mass is 31.0. The molecule has 0 aliphatic carbocycles. The predicted octanol–water partition coefficient (Wildman–Crippen LogP) is 5.77. The highest BCUT2D eigenvalue weighted by Gasteiger charge is 2.18. The maximum Gasteiger partial charge on any atom is 0.335 e. The number of esters is 1.